The molecule has 3 rings (SSSR count). The van der Waals surface area contributed by atoms with Crippen molar-refractivity contribution in [3.63, 3.8) is 0 Å². The summed E-state index contributed by atoms with van der Waals surface area (Å²) in [5.41, 5.74) is 2.62. The Morgan fingerprint density at radius 1 is 0.500 bits per heavy atom. The molecule has 0 N–H and O–H groups in total. The number of hydrogen-bond acceptors (Lipinski definition) is 4. The molecule has 1 aliphatic heterocycles. The van der Waals surface area contributed by atoms with Crippen LogP contribution in [0, 0.1) is 0 Å². The number of allylic oxidation sites excluding steroid dienone is 2. The fourth-order valence-electron chi connectivity index (χ4n) is 4.77. The van der Waals surface area contributed by atoms with Crippen molar-refractivity contribution in [1.29, 1.82) is 0 Å². The van der Waals surface area contributed by atoms with Gasteiger partial charge in [0.25, 0.3) is 0 Å². The number of carbonyl (C=O) groups is 2. The van der Waals surface area contributed by atoms with E-state index in [1.807, 2.05) is 24.3 Å². The molecule has 36 heavy (non-hydrogen) atoms. The molecule has 0 radical (unpaired) electrons. The first kappa shape index (κ1) is 27.7. The van der Waals surface area contributed by atoms with Crippen molar-refractivity contribution in [3.05, 3.63) is 59.7 Å². The third kappa shape index (κ3) is 8.96. The molecular formula is C32H42O4. The summed E-state index contributed by atoms with van der Waals surface area (Å²) in [7, 11) is 0. The molecule has 1 aliphatic rings. The summed E-state index contributed by atoms with van der Waals surface area (Å²) >= 11 is 0. The van der Waals surface area contributed by atoms with E-state index in [1.54, 1.807) is 12.1 Å². The SMILES string of the molecule is O=Cc1cccc2c1OCCCCCCCC/C=C\CCCCCCCCOc1c(C=O)cccc1-2. The van der Waals surface area contributed by atoms with Gasteiger partial charge in [0.15, 0.2) is 12.6 Å². The lowest BCUT2D eigenvalue weighted by Gasteiger charge is -2.18. The second-order valence-electron chi connectivity index (χ2n) is 9.67. The number of para-hydroxylation sites is 2. The minimum atomic E-state index is 0.518. The normalized spacial score (nSPS) is 18.2. The van der Waals surface area contributed by atoms with E-state index in [9.17, 15) is 9.59 Å². The van der Waals surface area contributed by atoms with E-state index in [-0.39, 0.29) is 0 Å². The molecule has 0 aromatic heterocycles. The smallest absolute Gasteiger partial charge is 0.153 e. The van der Waals surface area contributed by atoms with Crippen LogP contribution in [-0.4, -0.2) is 25.8 Å². The third-order valence-electron chi connectivity index (χ3n) is 6.82. The molecule has 0 saturated carbocycles. The lowest BCUT2D eigenvalue weighted by atomic mass is 9.98. The molecule has 4 nitrogen and oxygen atoms in total. The Balaban J connectivity index is 1.76. The average Bonchev–Trinajstić information content (AvgIpc) is 2.91. The van der Waals surface area contributed by atoms with Crippen LogP contribution in [0.15, 0.2) is 48.6 Å². The first-order chi connectivity index (χ1) is 17.8. The second kappa shape index (κ2) is 16.7. The maximum Gasteiger partial charge on any atom is 0.153 e. The average molecular weight is 491 g/mol. The van der Waals surface area contributed by atoms with Crippen molar-refractivity contribution in [3.8, 4) is 22.6 Å². The number of ether oxygens (including phenoxy) is 2. The molecule has 0 fully saturated rings. The molecule has 0 amide bonds. The van der Waals surface area contributed by atoms with Gasteiger partial charge in [0.2, 0.25) is 0 Å². The molecule has 0 saturated heterocycles. The Kier molecular flexibility index (Phi) is 12.9. The number of rotatable bonds is 2. The molecule has 4 heteroatoms. The van der Waals surface area contributed by atoms with Gasteiger partial charge in [-0.25, -0.2) is 0 Å². The van der Waals surface area contributed by atoms with Crippen molar-refractivity contribution in [1.82, 2.24) is 0 Å². The highest BCUT2D eigenvalue weighted by molar-refractivity contribution is 5.91. The zero-order chi connectivity index (χ0) is 25.3. The van der Waals surface area contributed by atoms with Crippen LogP contribution in [0.2, 0.25) is 0 Å². The maximum absolute atomic E-state index is 11.8. The topological polar surface area (TPSA) is 52.6 Å². The van der Waals surface area contributed by atoms with Crippen molar-refractivity contribution in [2.24, 2.45) is 0 Å². The minimum Gasteiger partial charge on any atom is -0.492 e. The number of hydrogen-bond donors (Lipinski definition) is 0. The van der Waals surface area contributed by atoms with E-state index < -0.39 is 0 Å². The molecule has 1 heterocycles. The predicted octanol–water partition coefficient (Wildman–Crippen LogP) is 8.77. The highest BCUT2D eigenvalue weighted by Crippen LogP contribution is 2.40. The monoisotopic (exact) mass is 490 g/mol. The fourth-order valence-corrected chi connectivity index (χ4v) is 4.77. The Labute approximate surface area is 217 Å². The molecule has 2 aromatic rings. The lowest BCUT2D eigenvalue weighted by molar-refractivity contribution is 0.111. The van der Waals surface area contributed by atoms with Gasteiger partial charge in [-0.3, -0.25) is 9.59 Å². The second-order valence-corrected chi connectivity index (χ2v) is 9.67. The summed E-state index contributed by atoms with van der Waals surface area (Å²) < 4.78 is 12.4. The maximum atomic E-state index is 11.8. The first-order valence-electron chi connectivity index (χ1n) is 13.9. The van der Waals surface area contributed by atoms with Crippen LogP contribution in [-0.2, 0) is 0 Å². The van der Waals surface area contributed by atoms with Crippen molar-refractivity contribution in [2.45, 2.75) is 89.9 Å². The van der Waals surface area contributed by atoms with E-state index in [1.165, 1.54) is 64.2 Å². The van der Waals surface area contributed by atoms with Crippen molar-refractivity contribution in [2.75, 3.05) is 13.2 Å². The molecule has 0 spiro atoms. The number of fused-ring (bicyclic) bond motifs is 3. The molecular weight excluding hydrogens is 448 g/mol. The fraction of sp³-hybridized carbons (Fsp3) is 0.500. The van der Waals surface area contributed by atoms with E-state index in [0.717, 1.165) is 49.4 Å². The van der Waals surface area contributed by atoms with Crippen molar-refractivity contribution < 1.29 is 19.1 Å². The Morgan fingerprint density at radius 2 is 0.889 bits per heavy atom. The molecule has 2 aromatic carbocycles. The highest BCUT2D eigenvalue weighted by Gasteiger charge is 2.18. The summed E-state index contributed by atoms with van der Waals surface area (Å²) in [4.78, 5) is 23.7. The van der Waals surface area contributed by atoms with E-state index in [4.69, 9.17) is 9.47 Å². The molecule has 0 bridgehead atoms. The van der Waals surface area contributed by atoms with Gasteiger partial charge in [-0.15, -0.1) is 0 Å². The molecule has 0 unspecified atom stereocenters. The molecule has 0 atom stereocenters. The molecule has 0 aliphatic carbocycles. The predicted molar refractivity (Wildman–Crippen MR) is 147 cm³/mol. The van der Waals surface area contributed by atoms with Crippen LogP contribution >= 0.6 is 0 Å². The summed E-state index contributed by atoms with van der Waals surface area (Å²) in [6, 6.07) is 11.1. The Morgan fingerprint density at radius 3 is 1.31 bits per heavy atom. The van der Waals surface area contributed by atoms with Gasteiger partial charge in [0.05, 0.1) is 24.3 Å². The number of carbonyl (C=O) groups excluding carboxylic acids is 2. The van der Waals surface area contributed by atoms with Crippen LogP contribution in [0.5, 0.6) is 11.5 Å². The van der Waals surface area contributed by atoms with E-state index in [2.05, 4.69) is 12.2 Å². The van der Waals surface area contributed by atoms with E-state index in [0.29, 0.717) is 35.8 Å². The largest absolute Gasteiger partial charge is 0.492 e. The Bertz CT molecular complexity index is 885. The Hall–Kier alpha value is -2.88. The van der Waals surface area contributed by atoms with Crippen LogP contribution in [0.4, 0.5) is 0 Å². The van der Waals surface area contributed by atoms with Gasteiger partial charge in [0, 0.05) is 11.1 Å². The standard InChI is InChI=1S/C32H42O4/c33-25-27-19-17-21-29-30-22-18-20-28(26-34)32(30)36-24-16-14-12-10-8-6-4-2-1-3-5-7-9-11-13-15-23-35-31(27)29/h1-2,17-22,25-26H,3-16,23-24H2/b2-1-. The number of benzene rings is 2. The summed E-state index contributed by atoms with van der Waals surface area (Å²) in [5.74, 6) is 1.14. The zero-order valence-corrected chi connectivity index (χ0v) is 21.7. The van der Waals surface area contributed by atoms with Gasteiger partial charge in [-0.2, -0.15) is 0 Å². The van der Waals surface area contributed by atoms with Gasteiger partial charge in [-0.05, 0) is 50.7 Å². The lowest BCUT2D eigenvalue weighted by Crippen LogP contribution is -2.05. The first-order valence-corrected chi connectivity index (χ1v) is 13.9. The third-order valence-corrected chi connectivity index (χ3v) is 6.82. The summed E-state index contributed by atoms with van der Waals surface area (Å²) in [6.45, 7) is 1.12. The van der Waals surface area contributed by atoms with Gasteiger partial charge in [-0.1, -0.05) is 87.8 Å². The van der Waals surface area contributed by atoms with Crippen molar-refractivity contribution >= 4 is 12.6 Å². The quantitative estimate of drug-likeness (QED) is 0.312. The summed E-state index contributed by atoms with van der Waals surface area (Å²) in [6.07, 6.45) is 22.9. The highest BCUT2D eigenvalue weighted by atomic mass is 16.5. The van der Waals surface area contributed by atoms with E-state index >= 15 is 0 Å². The van der Waals surface area contributed by atoms with Gasteiger partial charge < -0.3 is 9.47 Å². The summed E-state index contributed by atoms with van der Waals surface area (Å²) in [5, 5.41) is 0. The van der Waals surface area contributed by atoms with Gasteiger partial charge >= 0.3 is 0 Å². The van der Waals surface area contributed by atoms with Crippen LogP contribution in [0.25, 0.3) is 11.1 Å². The van der Waals surface area contributed by atoms with Gasteiger partial charge in [0.1, 0.15) is 11.5 Å². The van der Waals surface area contributed by atoms with Crippen LogP contribution in [0.1, 0.15) is 111 Å². The zero-order valence-electron chi connectivity index (χ0n) is 21.7. The number of aldehydes is 2. The van der Waals surface area contributed by atoms with Crippen LogP contribution < -0.4 is 9.47 Å². The van der Waals surface area contributed by atoms with Crippen LogP contribution in [0.3, 0.4) is 0 Å². The minimum absolute atomic E-state index is 0.518. The molecule has 194 valence electrons.